The predicted octanol–water partition coefficient (Wildman–Crippen LogP) is 3.10. The number of benzene rings is 1. The fourth-order valence-electron chi connectivity index (χ4n) is 2.20. The van der Waals surface area contributed by atoms with Crippen molar-refractivity contribution in [1.29, 1.82) is 0 Å². The summed E-state index contributed by atoms with van der Waals surface area (Å²) < 4.78 is 0. The summed E-state index contributed by atoms with van der Waals surface area (Å²) >= 11 is 1.39. The first-order valence-corrected chi connectivity index (χ1v) is 8.43. The van der Waals surface area contributed by atoms with E-state index in [-0.39, 0.29) is 5.91 Å². The molecule has 0 saturated heterocycles. The standard InChI is InChI=1S/C17H24N4OS/c1-11-6-7-14(12(2)10-11)20-17-19-13(3)15(23-17)16(22)18-8-9-21(4)5/h6-7,10H,8-9H2,1-5H3,(H,18,22)(H,19,20). The van der Waals surface area contributed by atoms with Crippen LogP contribution >= 0.6 is 11.3 Å². The number of aromatic nitrogens is 1. The van der Waals surface area contributed by atoms with Gasteiger partial charge in [-0.1, -0.05) is 29.0 Å². The van der Waals surface area contributed by atoms with Gasteiger partial charge in [0.05, 0.1) is 5.69 Å². The molecule has 1 aromatic carbocycles. The van der Waals surface area contributed by atoms with Gasteiger partial charge in [0.1, 0.15) is 4.88 Å². The second kappa shape index (κ2) is 7.57. The Kier molecular flexibility index (Phi) is 5.74. The molecule has 0 radical (unpaired) electrons. The number of amides is 1. The van der Waals surface area contributed by atoms with Gasteiger partial charge in [-0.2, -0.15) is 0 Å². The molecule has 0 fully saturated rings. The summed E-state index contributed by atoms with van der Waals surface area (Å²) in [7, 11) is 3.96. The molecular weight excluding hydrogens is 308 g/mol. The molecule has 2 rings (SSSR count). The minimum absolute atomic E-state index is 0.0597. The van der Waals surface area contributed by atoms with E-state index in [9.17, 15) is 4.79 Å². The lowest BCUT2D eigenvalue weighted by Gasteiger charge is -2.09. The molecule has 0 atom stereocenters. The molecule has 0 saturated carbocycles. The Hall–Kier alpha value is -1.92. The highest BCUT2D eigenvalue weighted by Crippen LogP contribution is 2.27. The predicted molar refractivity (Wildman–Crippen MR) is 96.9 cm³/mol. The number of hydrogen-bond donors (Lipinski definition) is 2. The van der Waals surface area contributed by atoms with Crippen molar-refractivity contribution >= 4 is 28.1 Å². The van der Waals surface area contributed by atoms with Crippen LogP contribution in [-0.4, -0.2) is 43.0 Å². The van der Waals surface area contributed by atoms with Crippen LogP contribution in [0.15, 0.2) is 18.2 Å². The van der Waals surface area contributed by atoms with E-state index >= 15 is 0 Å². The third-order valence-electron chi connectivity index (χ3n) is 3.47. The van der Waals surface area contributed by atoms with Crippen LogP contribution in [0.4, 0.5) is 10.8 Å². The number of carbonyl (C=O) groups excluding carboxylic acids is 1. The van der Waals surface area contributed by atoms with Gasteiger partial charge in [0.15, 0.2) is 5.13 Å². The molecule has 2 aromatic rings. The van der Waals surface area contributed by atoms with Crippen LogP contribution in [0.1, 0.15) is 26.5 Å². The second-order valence-electron chi connectivity index (χ2n) is 5.94. The van der Waals surface area contributed by atoms with Crippen molar-refractivity contribution in [2.24, 2.45) is 0 Å². The zero-order valence-corrected chi connectivity index (χ0v) is 15.2. The summed E-state index contributed by atoms with van der Waals surface area (Å²) in [5, 5.41) is 6.98. The quantitative estimate of drug-likeness (QED) is 0.853. The molecule has 1 heterocycles. The lowest BCUT2D eigenvalue weighted by molar-refractivity contribution is 0.0954. The number of nitrogens with zero attached hydrogens (tertiary/aromatic N) is 2. The van der Waals surface area contributed by atoms with E-state index in [1.54, 1.807) is 0 Å². The Morgan fingerprint density at radius 2 is 2.00 bits per heavy atom. The first-order chi connectivity index (χ1) is 10.9. The smallest absolute Gasteiger partial charge is 0.263 e. The molecule has 0 aliphatic heterocycles. The average molecular weight is 332 g/mol. The fraction of sp³-hybridized carbons (Fsp3) is 0.412. The summed E-state index contributed by atoms with van der Waals surface area (Å²) in [5.41, 5.74) is 4.16. The lowest BCUT2D eigenvalue weighted by atomic mass is 10.1. The number of likely N-dealkylation sites (N-methyl/N-ethyl adjacent to an activating group) is 1. The Labute approximate surface area is 141 Å². The fourth-order valence-corrected chi connectivity index (χ4v) is 3.10. The molecule has 0 spiro atoms. The zero-order chi connectivity index (χ0) is 17.0. The van der Waals surface area contributed by atoms with Crippen LogP contribution in [0, 0.1) is 20.8 Å². The third-order valence-corrected chi connectivity index (χ3v) is 4.54. The SMILES string of the molecule is Cc1ccc(Nc2nc(C)c(C(=O)NCCN(C)C)s2)c(C)c1. The summed E-state index contributed by atoms with van der Waals surface area (Å²) in [4.78, 5) is 19.4. The largest absolute Gasteiger partial charge is 0.350 e. The first kappa shape index (κ1) is 17.4. The summed E-state index contributed by atoms with van der Waals surface area (Å²) in [5.74, 6) is -0.0597. The molecule has 6 heteroatoms. The molecular formula is C17H24N4OS. The van der Waals surface area contributed by atoms with Gasteiger partial charge < -0.3 is 15.5 Å². The number of anilines is 2. The van der Waals surface area contributed by atoms with Gasteiger partial charge in [-0.25, -0.2) is 4.98 Å². The van der Waals surface area contributed by atoms with Gasteiger partial charge in [0.25, 0.3) is 5.91 Å². The molecule has 5 nitrogen and oxygen atoms in total. The highest BCUT2D eigenvalue weighted by molar-refractivity contribution is 7.17. The topological polar surface area (TPSA) is 57.3 Å². The van der Waals surface area contributed by atoms with Crippen molar-refractivity contribution < 1.29 is 4.79 Å². The molecule has 0 aliphatic carbocycles. The van der Waals surface area contributed by atoms with E-state index in [0.717, 1.165) is 28.6 Å². The third kappa shape index (κ3) is 4.77. The first-order valence-electron chi connectivity index (χ1n) is 7.61. The molecule has 1 amide bonds. The van der Waals surface area contributed by atoms with Crippen LogP contribution in [0.25, 0.3) is 0 Å². The van der Waals surface area contributed by atoms with Gasteiger partial charge in [0, 0.05) is 18.8 Å². The van der Waals surface area contributed by atoms with E-state index in [2.05, 4.69) is 41.6 Å². The van der Waals surface area contributed by atoms with Crippen molar-refractivity contribution in [2.45, 2.75) is 20.8 Å². The van der Waals surface area contributed by atoms with E-state index in [1.165, 1.54) is 16.9 Å². The van der Waals surface area contributed by atoms with Crippen molar-refractivity contribution in [3.63, 3.8) is 0 Å². The molecule has 2 N–H and O–H groups in total. The normalized spacial score (nSPS) is 10.9. The number of hydrogen-bond acceptors (Lipinski definition) is 5. The Bertz CT molecular complexity index is 694. The van der Waals surface area contributed by atoms with E-state index in [0.29, 0.717) is 11.4 Å². The number of nitrogens with one attached hydrogen (secondary N) is 2. The van der Waals surface area contributed by atoms with Crippen LogP contribution in [-0.2, 0) is 0 Å². The minimum Gasteiger partial charge on any atom is -0.350 e. The maximum Gasteiger partial charge on any atom is 0.263 e. The molecule has 1 aromatic heterocycles. The molecule has 23 heavy (non-hydrogen) atoms. The van der Waals surface area contributed by atoms with Gasteiger partial charge in [-0.3, -0.25) is 4.79 Å². The maximum atomic E-state index is 12.2. The van der Waals surface area contributed by atoms with Gasteiger partial charge >= 0.3 is 0 Å². The monoisotopic (exact) mass is 332 g/mol. The second-order valence-corrected chi connectivity index (χ2v) is 6.94. The summed E-state index contributed by atoms with van der Waals surface area (Å²) in [6.07, 6.45) is 0. The summed E-state index contributed by atoms with van der Waals surface area (Å²) in [6.45, 7) is 7.44. The van der Waals surface area contributed by atoms with Gasteiger partial charge in [-0.05, 0) is 46.5 Å². The number of carbonyl (C=O) groups is 1. The van der Waals surface area contributed by atoms with Crippen LogP contribution in [0.3, 0.4) is 0 Å². The van der Waals surface area contributed by atoms with Crippen molar-refractivity contribution in [3.05, 3.63) is 39.9 Å². The van der Waals surface area contributed by atoms with Crippen molar-refractivity contribution in [1.82, 2.24) is 15.2 Å². The van der Waals surface area contributed by atoms with Crippen LogP contribution < -0.4 is 10.6 Å². The van der Waals surface area contributed by atoms with E-state index in [4.69, 9.17) is 0 Å². The minimum atomic E-state index is -0.0597. The van der Waals surface area contributed by atoms with Crippen LogP contribution in [0.2, 0.25) is 0 Å². The Morgan fingerprint density at radius 1 is 1.26 bits per heavy atom. The molecule has 0 bridgehead atoms. The van der Waals surface area contributed by atoms with Gasteiger partial charge in [0.2, 0.25) is 0 Å². The highest BCUT2D eigenvalue weighted by atomic mass is 32.1. The average Bonchev–Trinajstić information content (AvgIpc) is 2.82. The Morgan fingerprint density at radius 3 is 2.65 bits per heavy atom. The maximum absolute atomic E-state index is 12.2. The highest BCUT2D eigenvalue weighted by Gasteiger charge is 2.15. The number of rotatable bonds is 6. The van der Waals surface area contributed by atoms with Crippen molar-refractivity contribution in [3.8, 4) is 0 Å². The van der Waals surface area contributed by atoms with Crippen LogP contribution in [0.5, 0.6) is 0 Å². The van der Waals surface area contributed by atoms with E-state index < -0.39 is 0 Å². The lowest BCUT2D eigenvalue weighted by Crippen LogP contribution is -2.31. The van der Waals surface area contributed by atoms with Gasteiger partial charge in [-0.15, -0.1) is 0 Å². The molecule has 0 unspecified atom stereocenters. The summed E-state index contributed by atoms with van der Waals surface area (Å²) in [6, 6.07) is 6.22. The number of thiazole rings is 1. The number of aryl methyl sites for hydroxylation is 3. The molecule has 124 valence electrons. The zero-order valence-electron chi connectivity index (χ0n) is 14.4. The molecule has 0 aliphatic rings. The van der Waals surface area contributed by atoms with E-state index in [1.807, 2.05) is 32.0 Å². The Balaban J connectivity index is 2.07. The van der Waals surface area contributed by atoms with Crippen molar-refractivity contribution in [2.75, 3.05) is 32.5 Å².